The van der Waals surface area contributed by atoms with Gasteiger partial charge in [0.2, 0.25) is 0 Å². The number of benzene rings is 7. The summed E-state index contributed by atoms with van der Waals surface area (Å²) in [5.74, 6) is 0.386. The highest BCUT2D eigenvalue weighted by molar-refractivity contribution is 9.10. The lowest BCUT2D eigenvalue weighted by atomic mass is 9.63. The maximum Gasteiger partial charge on any atom is 0.182 e. The number of nitrogens with two attached hydrogens (primary N) is 1. The van der Waals surface area contributed by atoms with Crippen LogP contribution in [0.4, 0.5) is 5.82 Å². The Balaban J connectivity index is 1.31. The van der Waals surface area contributed by atoms with E-state index in [4.69, 9.17) is 26.1 Å². The summed E-state index contributed by atoms with van der Waals surface area (Å²) in [5.41, 5.74) is 17.1. The Kier molecular flexibility index (Phi) is 10.4. The minimum atomic E-state index is -0.971. The highest BCUT2D eigenvalue weighted by Gasteiger charge is 2.45. The van der Waals surface area contributed by atoms with Gasteiger partial charge in [-0.2, -0.15) is 5.10 Å². The third-order valence-electron chi connectivity index (χ3n) is 11.9. The van der Waals surface area contributed by atoms with E-state index in [0.29, 0.717) is 29.9 Å². The number of anilines is 1. The molecule has 0 radical (unpaired) electrons. The van der Waals surface area contributed by atoms with Gasteiger partial charge in [-0.15, -0.1) is 5.10 Å². The second-order valence-corrected chi connectivity index (χ2v) is 16.4. The van der Waals surface area contributed by atoms with Crippen LogP contribution in [0.25, 0.3) is 11.2 Å². The van der Waals surface area contributed by atoms with Crippen molar-refractivity contribution < 1.29 is 0 Å². The topological polar surface area (TPSA) is 87.4 Å². The second-order valence-electron chi connectivity index (χ2n) is 15.5. The van der Waals surface area contributed by atoms with Crippen LogP contribution in [0.15, 0.2) is 223 Å². The van der Waals surface area contributed by atoms with Gasteiger partial charge in [-0.3, -0.25) is 4.68 Å². The molecule has 0 bridgehead atoms. The van der Waals surface area contributed by atoms with Crippen LogP contribution in [-0.2, 0) is 23.9 Å². The number of aromatic nitrogens is 6. The second kappa shape index (κ2) is 16.6. The molecule has 0 aliphatic rings. The number of fused-ring (bicyclic) bond motifs is 1. The van der Waals surface area contributed by atoms with E-state index in [1.54, 1.807) is 0 Å². The Morgan fingerprint density at radius 1 is 0.532 bits per heavy atom. The van der Waals surface area contributed by atoms with Crippen LogP contribution in [-0.4, -0.2) is 29.8 Å². The first-order chi connectivity index (χ1) is 30.6. The van der Waals surface area contributed by atoms with Gasteiger partial charge in [-0.05, 0) is 62.2 Å². The van der Waals surface area contributed by atoms with Crippen LogP contribution in [0.1, 0.15) is 55.6 Å². The Morgan fingerprint density at radius 2 is 1.00 bits per heavy atom. The number of halogens is 1. The summed E-state index contributed by atoms with van der Waals surface area (Å²) in [6, 6.07) is 71.6. The minimum absolute atomic E-state index is 0.386. The zero-order valence-corrected chi connectivity index (χ0v) is 35.4. The maximum atomic E-state index is 7.64. The predicted octanol–water partition coefficient (Wildman–Crippen LogP) is 11.2. The van der Waals surface area contributed by atoms with Crippen LogP contribution in [0.5, 0.6) is 0 Å². The van der Waals surface area contributed by atoms with E-state index in [0.717, 1.165) is 60.1 Å². The van der Waals surface area contributed by atoms with Gasteiger partial charge in [0.25, 0.3) is 0 Å². The van der Waals surface area contributed by atoms with Gasteiger partial charge < -0.3 is 5.73 Å². The highest BCUT2D eigenvalue weighted by atomic mass is 79.9. The molecule has 0 aliphatic heterocycles. The lowest BCUT2D eigenvalue weighted by Gasteiger charge is -2.39. The molecular weight excluding hydrogens is 827 g/mol. The van der Waals surface area contributed by atoms with Gasteiger partial charge in [0.1, 0.15) is 16.9 Å². The van der Waals surface area contributed by atoms with Crippen molar-refractivity contribution in [3.8, 4) is 0 Å². The maximum absolute atomic E-state index is 7.64. The predicted molar refractivity (Wildman–Crippen MR) is 251 cm³/mol. The molecule has 0 aliphatic carbocycles. The third kappa shape index (κ3) is 6.69. The van der Waals surface area contributed by atoms with E-state index < -0.39 is 11.0 Å². The SMILES string of the molecule is Nc1nc2c(nnn2C(c2ccccc2)(c2ccccc2)c2ccccc2)c(Cc2cnn(Cc3cccc(Br)c3)c2)c1C(c1ccccc1)(c1ccccc1)c1ccccc1. The van der Waals surface area contributed by atoms with E-state index in [1.807, 2.05) is 45.9 Å². The normalized spacial score (nSPS) is 11.8. The van der Waals surface area contributed by atoms with Crippen LogP contribution in [0.3, 0.4) is 0 Å². The lowest BCUT2D eigenvalue weighted by Crippen LogP contribution is -2.39. The number of nitrogen functional groups attached to an aromatic ring is 1. The van der Waals surface area contributed by atoms with Crippen LogP contribution in [0.2, 0.25) is 0 Å². The van der Waals surface area contributed by atoms with E-state index in [9.17, 15) is 0 Å². The fraction of sp³-hybridized carbons (Fsp3) is 0.0741. The molecule has 3 aromatic heterocycles. The molecule has 300 valence electrons. The molecular formula is C54H42BrN7. The molecule has 0 atom stereocenters. The summed E-state index contributed by atoms with van der Waals surface area (Å²) in [6.45, 7) is 0.617. The van der Waals surface area contributed by atoms with Gasteiger partial charge in [0, 0.05) is 22.7 Å². The summed E-state index contributed by atoms with van der Waals surface area (Å²) in [7, 11) is 0. The van der Waals surface area contributed by atoms with Crippen LogP contribution >= 0.6 is 15.9 Å². The Bertz CT molecular complexity index is 2890. The molecule has 0 fully saturated rings. The largest absolute Gasteiger partial charge is 0.383 e. The first-order valence-electron chi connectivity index (χ1n) is 20.7. The fourth-order valence-electron chi connectivity index (χ4n) is 9.34. The Hall–Kier alpha value is -7.42. The highest BCUT2D eigenvalue weighted by Crippen LogP contribution is 2.50. The van der Waals surface area contributed by atoms with Crippen LogP contribution in [0, 0.1) is 0 Å². The summed E-state index contributed by atoms with van der Waals surface area (Å²) in [5, 5.41) is 15.3. The molecule has 0 spiro atoms. The molecule has 0 amide bonds. The average molecular weight is 869 g/mol. The molecule has 7 nitrogen and oxygen atoms in total. The van der Waals surface area contributed by atoms with E-state index >= 15 is 0 Å². The summed E-state index contributed by atoms with van der Waals surface area (Å²) >= 11 is 3.64. The average Bonchev–Trinajstić information content (AvgIpc) is 3.96. The van der Waals surface area contributed by atoms with Crippen molar-refractivity contribution in [2.45, 2.75) is 23.9 Å². The van der Waals surface area contributed by atoms with Crippen molar-refractivity contribution in [2.24, 2.45) is 0 Å². The zero-order valence-electron chi connectivity index (χ0n) is 33.8. The van der Waals surface area contributed by atoms with Gasteiger partial charge >= 0.3 is 0 Å². The van der Waals surface area contributed by atoms with E-state index in [2.05, 4.69) is 198 Å². The molecule has 10 aromatic rings. The molecule has 8 heteroatoms. The standard InChI is InChI=1S/C54H42BrN7/c55-47-33-19-20-39(34-47)37-61-38-40(36-57-61)35-48-49(53(41-21-7-1-8-22-41,42-23-9-2-10-24-42)43-25-11-3-12-26-43)51(56)58-52-50(48)59-60-62(52)54(44-27-13-4-14-28-44,45-29-15-5-16-30-45)46-31-17-6-18-32-46/h1-34,36,38H,35,37H2,(H2,56,58). The quantitative estimate of drug-likeness (QED) is 0.124. The van der Waals surface area contributed by atoms with Crippen molar-refractivity contribution in [2.75, 3.05) is 5.73 Å². The van der Waals surface area contributed by atoms with Crippen molar-refractivity contribution in [3.05, 3.63) is 279 Å². The fourth-order valence-corrected chi connectivity index (χ4v) is 9.79. The summed E-state index contributed by atoms with van der Waals surface area (Å²) in [4.78, 5) is 5.48. The summed E-state index contributed by atoms with van der Waals surface area (Å²) < 4.78 is 5.00. The monoisotopic (exact) mass is 867 g/mol. The van der Waals surface area contributed by atoms with Crippen molar-refractivity contribution in [1.82, 2.24) is 29.8 Å². The molecule has 3 heterocycles. The number of hydrogen-bond donors (Lipinski definition) is 1. The van der Waals surface area contributed by atoms with Gasteiger partial charge in [-0.1, -0.05) is 215 Å². The van der Waals surface area contributed by atoms with Gasteiger partial charge in [0.05, 0.1) is 18.2 Å². The first kappa shape index (κ1) is 38.8. The number of rotatable bonds is 12. The first-order valence-corrected chi connectivity index (χ1v) is 21.5. The molecule has 62 heavy (non-hydrogen) atoms. The molecule has 0 saturated carbocycles. The third-order valence-corrected chi connectivity index (χ3v) is 12.4. The molecule has 7 aromatic carbocycles. The van der Waals surface area contributed by atoms with E-state index in [-0.39, 0.29) is 0 Å². The lowest BCUT2D eigenvalue weighted by molar-refractivity contribution is 0.458. The molecule has 2 N–H and O–H groups in total. The molecule has 0 saturated heterocycles. The van der Waals surface area contributed by atoms with Gasteiger partial charge in [-0.25, -0.2) is 9.67 Å². The number of nitrogens with zero attached hydrogens (tertiary/aromatic N) is 6. The zero-order chi connectivity index (χ0) is 41.9. The van der Waals surface area contributed by atoms with E-state index in [1.165, 1.54) is 0 Å². The smallest absolute Gasteiger partial charge is 0.182 e. The number of pyridine rings is 1. The van der Waals surface area contributed by atoms with Gasteiger partial charge in [0.15, 0.2) is 5.65 Å². The minimum Gasteiger partial charge on any atom is -0.383 e. The van der Waals surface area contributed by atoms with Crippen molar-refractivity contribution in [1.29, 1.82) is 0 Å². The number of hydrogen-bond acceptors (Lipinski definition) is 5. The Morgan fingerprint density at radius 3 is 1.47 bits per heavy atom. The van der Waals surface area contributed by atoms with Crippen molar-refractivity contribution in [3.63, 3.8) is 0 Å². The van der Waals surface area contributed by atoms with Crippen molar-refractivity contribution >= 4 is 32.9 Å². The van der Waals surface area contributed by atoms with Crippen LogP contribution < -0.4 is 5.73 Å². The molecule has 10 rings (SSSR count). The molecule has 0 unspecified atom stereocenters. The Labute approximate surface area is 369 Å². The summed E-state index contributed by atoms with van der Waals surface area (Å²) in [6.07, 6.45) is 4.53.